The number of ketones is 1. The van der Waals surface area contributed by atoms with Crippen LogP contribution in [0, 0.1) is 0 Å². The zero-order chi connectivity index (χ0) is 21.3. The summed E-state index contributed by atoms with van der Waals surface area (Å²) in [5.41, 5.74) is 11.7. The summed E-state index contributed by atoms with van der Waals surface area (Å²) in [6.07, 6.45) is 2.92. The second kappa shape index (κ2) is 7.83. The number of aromatic nitrogens is 2. The maximum Gasteiger partial charge on any atom is 0.253 e. The van der Waals surface area contributed by atoms with Crippen LogP contribution in [0.15, 0.2) is 42.2 Å². The number of carbonyl (C=O) groups is 2. The first-order valence-corrected chi connectivity index (χ1v) is 9.96. The SMILES string of the molecule is Nc1nc(N)c(C(=O)/C=C2\NCC3(CCN(C(=O)c4ccccc4)CC3)N2)nc1Cl. The standard InChI is InChI=1S/C20H22ClN7O2/c21-16-18(23)26-17(22)15(25-16)13(29)10-14-24-11-20(27-14)6-8-28(9-7-20)19(30)12-4-2-1-3-5-12/h1-5,10,24,27H,6-9,11H2,(H4,22,23,26)/b14-10+. The molecule has 2 aromatic rings. The van der Waals surface area contributed by atoms with Crippen LogP contribution in [0.1, 0.15) is 33.7 Å². The van der Waals surface area contributed by atoms with Crippen molar-refractivity contribution in [1.29, 1.82) is 0 Å². The zero-order valence-corrected chi connectivity index (χ0v) is 16.9. The third kappa shape index (κ3) is 3.88. The van der Waals surface area contributed by atoms with Crippen molar-refractivity contribution < 1.29 is 9.59 Å². The van der Waals surface area contributed by atoms with Gasteiger partial charge >= 0.3 is 0 Å². The summed E-state index contributed by atoms with van der Waals surface area (Å²) in [6, 6.07) is 9.27. The lowest BCUT2D eigenvalue weighted by atomic mass is 9.88. The van der Waals surface area contributed by atoms with E-state index in [2.05, 4.69) is 20.6 Å². The lowest BCUT2D eigenvalue weighted by Crippen LogP contribution is -2.53. The molecule has 2 aliphatic rings. The Morgan fingerprint density at radius 2 is 1.80 bits per heavy atom. The van der Waals surface area contributed by atoms with Crippen molar-refractivity contribution in [2.24, 2.45) is 0 Å². The number of nitrogens with zero attached hydrogens (tertiary/aromatic N) is 3. The van der Waals surface area contributed by atoms with Gasteiger partial charge in [0, 0.05) is 31.3 Å². The molecule has 30 heavy (non-hydrogen) atoms. The van der Waals surface area contributed by atoms with Crippen LogP contribution in [0.3, 0.4) is 0 Å². The van der Waals surface area contributed by atoms with E-state index in [1.54, 1.807) is 0 Å². The van der Waals surface area contributed by atoms with E-state index in [0.29, 0.717) is 31.0 Å². The van der Waals surface area contributed by atoms with Crippen LogP contribution >= 0.6 is 11.6 Å². The van der Waals surface area contributed by atoms with Crippen LogP contribution in [-0.4, -0.2) is 51.7 Å². The fraction of sp³-hybridized carbons (Fsp3) is 0.300. The maximum atomic E-state index is 12.6. The number of benzene rings is 1. The Kier molecular flexibility index (Phi) is 5.21. The molecule has 1 aromatic carbocycles. The molecule has 2 aliphatic heterocycles. The fourth-order valence-electron chi connectivity index (χ4n) is 3.75. The molecule has 0 unspecified atom stereocenters. The second-order valence-corrected chi connectivity index (χ2v) is 7.83. The van der Waals surface area contributed by atoms with Crippen molar-refractivity contribution in [1.82, 2.24) is 25.5 Å². The van der Waals surface area contributed by atoms with Crippen LogP contribution in [0.4, 0.5) is 11.6 Å². The van der Waals surface area contributed by atoms with Crippen LogP contribution < -0.4 is 22.1 Å². The minimum absolute atomic E-state index is 0.0220. The summed E-state index contributed by atoms with van der Waals surface area (Å²) in [5.74, 6) is 0.102. The minimum atomic E-state index is -0.425. The molecule has 1 aromatic heterocycles. The van der Waals surface area contributed by atoms with Gasteiger partial charge in [0.05, 0.1) is 5.54 Å². The number of nitrogens with one attached hydrogen (secondary N) is 2. The van der Waals surface area contributed by atoms with Gasteiger partial charge in [-0.3, -0.25) is 9.59 Å². The molecule has 10 heteroatoms. The lowest BCUT2D eigenvalue weighted by Gasteiger charge is -2.38. The molecule has 3 heterocycles. The summed E-state index contributed by atoms with van der Waals surface area (Å²) in [7, 11) is 0. The topological polar surface area (TPSA) is 139 Å². The Morgan fingerprint density at radius 1 is 1.10 bits per heavy atom. The van der Waals surface area contributed by atoms with Gasteiger partial charge in [0.25, 0.3) is 5.91 Å². The molecule has 2 fully saturated rings. The van der Waals surface area contributed by atoms with Gasteiger partial charge in [0.2, 0.25) is 5.78 Å². The number of rotatable bonds is 3. The number of nitrogen functional groups attached to an aromatic ring is 2. The van der Waals surface area contributed by atoms with Gasteiger partial charge in [0.1, 0.15) is 5.82 Å². The number of anilines is 2. The molecule has 2 saturated heterocycles. The number of carbonyl (C=O) groups excluding carboxylic acids is 2. The summed E-state index contributed by atoms with van der Waals surface area (Å²) in [4.78, 5) is 34.8. The molecule has 6 N–H and O–H groups in total. The summed E-state index contributed by atoms with van der Waals surface area (Å²) < 4.78 is 0. The summed E-state index contributed by atoms with van der Waals surface area (Å²) in [6.45, 7) is 1.92. The Hall–Kier alpha value is -3.33. The molecule has 0 saturated carbocycles. The highest BCUT2D eigenvalue weighted by Crippen LogP contribution is 2.27. The van der Waals surface area contributed by atoms with Crippen LogP contribution in [0.25, 0.3) is 0 Å². The molecular weight excluding hydrogens is 406 g/mol. The van der Waals surface area contributed by atoms with Gasteiger partial charge in [-0.05, 0) is 25.0 Å². The summed E-state index contributed by atoms with van der Waals surface area (Å²) in [5, 5.41) is 6.55. The molecule has 0 aliphatic carbocycles. The quantitative estimate of drug-likeness (QED) is 0.423. The number of allylic oxidation sites excluding steroid dienone is 1. The van der Waals surface area contributed by atoms with Gasteiger partial charge in [-0.25, -0.2) is 9.97 Å². The predicted molar refractivity (Wildman–Crippen MR) is 114 cm³/mol. The van der Waals surface area contributed by atoms with E-state index in [-0.39, 0.29) is 33.9 Å². The zero-order valence-electron chi connectivity index (χ0n) is 16.2. The van der Waals surface area contributed by atoms with Crippen molar-refractivity contribution in [3.63, 3.8) is 0 Å². The predicted octanol–water partition coefficient (Wildman–Crippen LogP) is 1.19. The van der Waals surface area contributed by atoms with E-state index < -0.39 is 5.78 Å². The number of halogens is 1. The van der Waals surface area contributed by atoms with Crippen molar-refractivity contribution in [2.75, 3.05) is 31.1 Å². The second-order valence-electron chi connectivity index (χ2n) is 7.47. The highest BCUT2D eigenvalue weighted by Gasteiger charge is 2.40. The summed E-state index contributed by atoms with van der Waals surface area (Å²) >= 11 is 5.86. The number of nitrogens with two attached hydrogens (primary N) is 2. The third-order valence-electron chi connectivity index (χ3n) is 5.46. The van der Waals surface area contributed by atoms with E-state index in [0.717, 1.165) is 12.8 Å². The molecule has 1 amide bonds. The average molecular weight is 428 g/mol. The molecule has 4 rings (SSSR count). The van der Waals surface area contributed by atoms with Crippen molar-refractivity contribution in [3.8, 4) is 0 Å². The van der Waals surface area contributed by atoms with E-state index in [9.17, 15) is 9.59 Å². The van der Waals surface area contributed by atoms with Gasteiger partial charge < -0.3 is 27.0 Å². The highest BCUT2D eigenvalue weighted by atomic mass is 35.5. The number of amides is 1. The van der Waals surface area contributed by atoms with Crippen LogP contribution in [0.5, 0.6) is 0 Å². The normalized spacial score (nSPS) is 18.8. The Balaban J connectivity index is 1.40. The fourth-order valence-corrected chi connectivity index (χ4v) is 3.88. The van der Waals surface area contributed by atoms with E-state index in [1.807, 2.05) is 35.2 Å². The van der Waals surface area contributed by atoms with Crippen molar-refractivity contribution in [2.45, 2.75) is 18.4 Å². The molecule has 9 nitrogen and oxygen atoms in total. The third-order valence-corrected chi connectivity index (χ3v) is 5.74. The van der Waals surface area contributed by atoms with Gasteiger partial charge in [-0.15, -0.1) is 0 Å². The Bertz CT molecular complexity index is 1020. The van der Waals surface area contributed by atoms with Crippen LogP contribution in [-0.2, 0) is 0 Å². The average Bonchev–Trinajstić information content (AvgIpc) is 3.13. The van der Waals surface area contributed by atoms with Crippen molar-refractivity contribution in [3.05, 3.63) is 58.6 Å². The molecule has 156 valence electrons. The minimum Gasteiger partial charge on any atom is -0.382 e. The Morgan fingerprint density at radius 3 is 2.50 bits per heavy atom. The molecule has 0 bridgehead atoms. The largest absolute Gasteiger partial charge is 0.382 e. The lowest BCUT2D eigenvalue weighted by molar-refractivity contribution is 0.0667. The first kappa shape index (κ1) is 20.0. The molecular formula is C20H22ClN7O2. The van der Waals surface area contributed by atoms with Gasteiger partial charge in [-0.2, -0.15) is 0 Å². The smallest absolute Gasteiger partial charge is 0.253 e. The maximum absolute atomic E-state index is 12.6. The number of likely N-dealkylation sites (tertiary alicyclic amines) is 1. The Labute approximate surface area is 178 Å². The number of hydrogen-bond donors (Lipinski definition) is 4. The van der Waals surface area contributed by atoms with Crippen molar-refractivity contribution >= 4 is 34.9 Å². The highest BCUT2D eigenvalue weighted by molar-refractivity contribution is 6.31. The van der Waals surface area contributed by atoms with Crippen LogP contribution in [0.2, 0.25) is 5.15 Å². The van der Waals surface area contributed by atoms with Gasteiger partial charge in [-0.1, -0.05) is 29.8 Å². The molecule has 1 spiro atoms. The number of hydrogen-bond acceptors (Lipinski definition) is 8. The monoisotopic (exact) mass is 427 g/mol. The first-order valence-electron chi connectivity index (χ1n) is 9.58. The van der Waals surface area contributed by atoms with E-state index in [4.69, 9.17) is 23.1 Å². The van der Waals surface area contributed by atoms with Gasteiger partial charge in [0.15, 0.2) is 22.5 Å². The number of piperidine rings is 1. The van der Waals surface area contributed by atoms with E-state index in [1.165, 1.54) is 6.08 Å². The first-order chi connectivity index (χ1) is 14.4. The van der Waals surface area contributed by atoms with E-state index >= 15 is 0 Å². The molecule has 0 atom stereocenters. The molecule has 0 radical (unpaired) electrons.